The van der Waals surface area contributed by atoms with Gasteiger partial charge in [-0.3, -0.25) is 9.59 Å². The highest BCUT2D eigenvalue weighted by Gasteiger charge is 2.47. The SMILES string of the molecule is CC(=O)Nc1c(O)cccc1C1(C(=O)O)CCC1. The van der Waals surface area contributed by atoms with Crippen molar-refractivity contribution in [2.45, 2.75) is 31.6 Å². The zero-order valence-corrected chi connectivity index (χ0v) is 10.1. The lowest BCUT2D eigenvalue weighted by Crippen LogP contribution is -2.43. The summed E-state index contributed by atoms with van der Waals surface area (Å²) < 4.78 is 0. The second-order valence-electron chi connectivity index (χ2n) is 4.62. The van der Waals surface area contributed by atoms with Crippen LogP contribution in [0.15, 0.2) is 18.2 Å². The Balaban J connectivity index is 2.53. The number of benzene rings is 1. The van der Waals surface area contributed by atoms with Gasteiger partial charge in [0.2, 0.25) is 5.91 Å². The molecule has 1 saturated carbocycles. The Bertz CT molecular complexity index is 506. The summed E-state index contributed by atoms with van der Waals surface area (Å²) in [6.45, 7) is 1.32. The fourth-order valence-corrected chi connectivity index (χ4v) is 2.38. The molecule has 1 aliphatic rings. The van der Waals surface area contributed by atoms with E-state index in [1.807, 2.05) is 0 Å². The minimum atomic E-state index is -0.976. The quantitative estimate of drug-likeness (QED) is 0.713. The number of hydrogen-bond donors (Lipinski definition) is 3. The van der Waals surface area contributed by atoms with Crippen LogP contribution in [-0.4, -0.2) is 22.1 Å². The fourth-order valence-electron chi connectivity index (χ4n) is 2.38. The lowest BCUT2D eigenvalue weighted by Gasteiger charge is -2.39. The van der Waals surface area contributed by atoms with E-state index in [9.17, 15) is 19.8 Å². The van der Waals surface area contributed by atoms with E-state index in [-0.39, 0.29) is 17.3 Å². The topological polar surface area (TPSA) is 86.6 Å². The Labute approximate surface area is 104 Å². The van der Waals surface area contributed by atoms with Crippen molar-refractivity contribution in [1.82, 2.24) is 0 Å². The van der Waals surface area contributed by atoms with Crippen LogP contribution in [0.1, 0.15) is 31.7 Å². The molecule has 0 saturated heterocycles. The van der Waals surface area contributed by atoms with Crippen LogP contribution in [0.3, 0.4) is 0 Å². The van der Waals surface area contributed by atoms with Gasteiger partial charge in [0.15, 0.2) is 0 Å². The van der Waals surface area contributed by atoms with Gasteiger partial charge >= 0.3 is 5.97 Å². The van der Waals surface area contributed by atoms with E-state index < -0.39 is 11.4 Å². The van der Waals surface area contributed by atoms with Crippen molar-refractivity contribution in [3.05, 3.63) is 23.8 Å². The van der Waals surface area contributed by atoms with Crippen LogP contribution < -0.4 is 5.32 Å². The average molecular weight is 249 g/mol. The number of phenolic OH excluding ortho intramolecular Hbond substituents is 1. The predicted octanol–water partition coefficient (Wildman–Crippen LogP) is 1.86. The number of carboxylic acid groups (broad SMARTS) is 1. The van der Waals surface area contributed by atoms with E-state index in [2.05, 4.69) is 5.32 Å². The molecular formula is C13H15NO4. The summed E-state index contributed by atoms with van der Waals surface area (Å²) in [5, 5.41) is 21.7. The number of aliphatic carboxylic acids is 1. The first-order valence-electron chi connectivity index (χ1n) is 5.81. The van der Waals surface area contributed by atoms with E-state index in [0.29, 0.717) is 18.4 Å². The van der Waals surface area contributed by atoms with Gasteiger partial charge in [0.05, 0.1) is 11.1 Å². The molecule has 18 heavy (non-hydrogen) atoms. The molecule has 0 spiro atoms. The highest BCUT2D eigenvalue weighted by molar-refractivity contribution is 5.94. The monoisotopic (exact) mass is 249 g/mol. The van der Waals surface area contributed by atoms with E-state index in [4.69, 9.17) is 0 Å². The lowest BCUT2D eigenvalue weighted by atomic mass is 9.64. The molecule has 96 valence electrons. The first kappa shape index (κ1) is 12.4. The molecule has 1 aliphatic carbocycles. The molecule has 1 aromatic rings. The zero-order valence-electron chi connectivity index (χ0n) is 10.1. The van der Waals surface area contributed by atoms with Gasteiger partial charge < -0.3 is 15.5 Å². The highest BCUT2D eigenvalue weighted by Crippen LogP contribution is 2.48. The minimum Gasteiger partial charge on any atom is -0.506 e. The summed E-state index contributed by atoms with van der Waals surface area (Å²) >= 11 is 0. The van der Waals surface area contributed by atoms with E-state index in [1.54, 1.807) is 12.1 Å². The number of rotatable bonds is 3. The van der Waals surface area contributed by atoms with Gasteiger partial charge in [-0.05, 0) is 24.5 Å². The maximum Gasteiger partial charge on any atom is 0.314 e. The number of para-hydroxylation sites is 1. The average Bonchev–Trinajstić information content (AvgIpc) is 2.20. The molecule has 0 aromatic heterocycles. The Morgan fingerprint density at radius 1 is 1.33 bits per heavy atom. The van der Waals surface area contributed by atoms with Crippen LogP contribution in [-0.2, 0) is 15.0 Å². The molecule has 0 unspecified atom stereocenters. The molecule has 0 bridgehead atoms. The van der Waals surface area contributed by atoms with Gasteiger partial charge in [-0.15, -0.1) is 0 Å². The zero-order chi connectivity index (χ0) is 13.3. The number of amides is 1. The number of carbonyl (C=O) groups is 2. The van der Waals surface area contributed by atoms with E-state index >= 15 is 0 Å². The summed E-state index contributed by atoms with van der Waals surface area (Å²) in [7, 11) is 0. The molecular weight excluding hydrogens is 234 g/mol. The predicted molar refractivity (Wildman–Crippen MR) is 65.6 cm³/mol. The van der Waals surface area contributed by atoms with Crippen LogP contribution in [0.5, 0.6) is 5.75 Å². The Hall–Kier alpha value is -2.04. The third-order valence-corrected chi connectivity index (χ3v) is 3.48. The third kappa shape index (κ3) is 1.81. The number of anilines is 1. The van der Waals surface area contributed by atoms with Gasteiger partial charge in [0, 0.05) is 6.92 Å². The van der Waals surface area contributed by atoms with Crippen molar-refractivity contribution < 1.29 is 19.8 Å². The highest BCUT2D eigenvalue weighted by atomic mass is 16.4. The maximum atomic E-state index is 11.5. The van der Waals surface area contributed by atoms with Gasteiger partial charge in [0.1, 0.15) is 5.75 Å². The molecule has 1 aromatic carbocycles. The van der Waals surface area contributed by atoms with Crippen LogP contribution in [0, 0.1) is 0 Å². The molecule has 0 heterocycles. The van der Waals surface area contributed by atoms with Crippen LogP contribution in [0.2, 0.25) is 0 Å². The number of carbonyl (C=O) groups excluding carboxylic acids is 1. The standard InChI is InChI=1S/C13H15NO4/c1-8(15)14-11-9(4-2-5-10(11)16)13(12(17)18)6-3-7-13/h2,4-5,16H,3,6-7H2,1H3,(H,14,15)(H,17,18). The minimum absolute atomic E-state index is 0.102. The van der Waals surface area contributed by atoms with Crippen molar-refractivity contribution in [2.24, 2.45) is 0 Å². The number of hydrogen-bond acceptors (Lipinski definition) is 3. The van der Waals surface area contributed by atoms with Crippen LogP contribution in [0.25, 0.3) is 0 Å². The largest absolute Gasteiger partial charge is 0.506 e. The number of phenols is 1. The Morgan fingerprint density at radius 3 is 2.44 bits per heavy atom. The van der Waals surface area contributed by atoms with E-state index in [0.717, 1.165) is 6.42 Å². The summed E-state index contributed by atoms with van der Waals surface area (Å²) in [5.74, 6) is -1.35. The van der Waals surface area contributed by atoms with Gasteiger partial charge in [-0.25, -0.2) is 0 Å². The molecule has 5 heteroatoms. The van der Waals surface area contributed by atoms with Gasteiger partial charge in [0.25, 0.3) is 0 Å². The van der Waals surface area contributed by atoms with Gasteiger partial charge in [-0.1, -0.05) is 18.6 Å². The molecule has 0 atom stereocenters. The first-order chi connectivity index (χ1) is 8.47. The van der Waals surface area contributed by atoms with Crippen molar-refractivity contribution in [1.29, 1.82) is 0 Å². The number of carboxylic acids is 1. The fraction of sp³-hybridized carbons (Fsp3) is 0.385. The summed E-state index contributed by atoms with van der Waals surface area (Å²) in [6, 6.07) is 4.68. The second kappa shape index (κ2) is 4.33. The molecule has 0 aliphatic heterocycles. The number of nitrogens with one attached hydrogen (secondary N) is 1. The van der Waals surface area contributed by atoms with Crippen molar-refractivity contribution >= 4 is 17.6 Å². The normalized spacial score (nSPS) is 16.7. The molecule has 0 radical (unpaired) electrons. The Kier molecular flexibility index (Phi) is 2.98. The van der Waals surface area contributed by atoms with Crippen molar-refractivity contribution in [3.8, 4) is 5.75 Å². The van der Waals surface area contributed by atoms with Crippen LogP contribution in [0.4, 0.5) is 5.69 Å². The van der Waals surface area contributed by atoms with Gasteiger partial charge in [-0.2, -0.15) is 0 Å². The number of aromatic hydroxyl groups is 1. The maximum absolute atomic E-state index is 11.5. The third-order valence-electron chi connectivity index (χ3n) is 3.48. The second-order valence-corrected chi connectivity index (χ2v) is 4.62. The van der Waals surface area contributed by atoms with Crippen molar-refractivity contribution in [2.75, 3.05) is 5.32 Å². The molecule has 2 rings (SSSR count). The summed E-state index contributed by atoms with van der Waals surface area (Å²) in [4.78, 5) is 22.6. The summed E-state index contributed by atoms with van der Waals surface area (Å²) in [6.07, 6.45) is 1.89. The molecule has 1 fully saturated rings. The van der Waals surface area contributed by atoms with Crippen LogP contribution >= 0.6 is 0 Å². The van der Waals surface area contributed by atoms with E-state index in [1.165, 1.54) is 13.0 Å². The Morgan fingerprint density at radius 2 is 2.00 bits per heavy atom. The molecule has 1 amide bonds. The smallest absolute Gasteiger partial charge is 0.314 e. The molecule has 5 nitrogen and oxygen atoms in total. The lowest BCUT2D eigenvalue weighted by molar-refractivity contribution is -0.147. The molecule has 3 N–H and O–H groups in total. The first-order valence-corrected chi connectivity index (χ1v) is 5.81. The van der Waals surface area contributed by atoms with Crippen molar-refractivity contribution in [3.63, 3.8) is 0 Å². The summed E-state index contributed by atoms with van der Waals surface area (Å²) in [5.41, 5.74) is -0.278.